The summed E-state index contributed by atoms with van der Waals surface area (Å²) in [6.45, 7) is 6.71. The Balaban J connectivity index is 2.51. The van der Waals surface area contributed by atoms with Crippen molar-refractivity contribution in [1.82, 2.24) is 0 Å². The lowest BCUT2D eigenvalue weighted by atomic mass is 9.72. The van der Waals surface area contributed by atoms with Gasteiger partial charge in [0.25, 0.3) is 0 Å². The van der Waals surface area contributed by atoms with Crippen molar-refractivity contribution in [3.63, 3.8) is 0 Å². The maximum Gasteiger partial charge on any atom is 0.0547 e. The molecule has 1 saturated carbocycles. The molecule has 0 aliphatic heterocycles. The summed E-state index contributed by atoms with van der Waals surface area (Å²) in [6.07, 6.45) is 3.21. The van der Waals surface area contributed by atoms with E-state index in [1.807, 2.05) is 0 Å². The van der Waals surface area contributed by atoms with Crippen LogP contribution in [0.4, 0.5) is 0 Å². The minimum atomic E-state index is -0.0428. The first-order chi connectivity index (χ1) is 4.49. The summed E-state index contributed by atoms with van der Waals surface area (Å²) in [6, 6.07) is 0. The van der Waals surface area contributed by atoms with Gasteiger partial charge in [-0.3, -0.25) is 0 Å². The maximum atomic E-state index is 9.42. The molecule has 60 valence electrons. The van der Waals surface area contributed by atoms with Gasteiger partial charge in [0.15, 0.2) is 0 Å². The molecule has 1 nitrogen and oxygen atoms in total. The van der Waals surface area contributed by atoms with Crippen molar-refractivity contribution < 1.29 is 5.11 Å². The van der Waals surface area contributed by atoms with Crippen LogP contribution in [-0.2, 0) is 0 Å². The van der Waals surface area contributed by atoms with Crippen molar-refractivity contribution in [1.29, 1.82) is 0 Å². The van der Waals surface area contributed by atoms with E-state index < -0.39 is 0 Å². The lowest BCUT2D eigenvalue weighted by Gasteiger charge is -2.36. The third kappa shape index (κ3) is 1.98. The lowest BCUT2D eigenvalue weighted by Crippen LogP contribution is -2.30. The standard InChI is InChI=1S/C9H18O/c1-7-4-8(10)6-9(2,3)5-7/h7-8,10H,4-6H2,1-3H3. The highest BCUT2D eigenvalue weighted by atomic mass is 16.3. The fourth-order valence-corrected chi connectivity index (χ4v) is 2.30. The lowest BCUT2D eigenvalue weighted by molar-refractivity contribution is 0.0394. The van der Waals surface area contributed by atoms with Crippen molar-refractivity contribution in [3.05, 3.63) is 0 Å². The second-order valence-electron chi connectivity index (χ2n) is 4.57. The van der Waals surface area contributed by atoms with Gasteiger partial charge in [0.05, 0.1) is 6.10 Å². The van der Waals surface area contributed by atoms with Crippen LogP contribution < -0.4 is 0 Å². The van der Waals surface area contributed by atoms with Crippen LogP contribution in [0.1, 0.15) is 40.0 Å². The van der Waals surface area contributed by atoms with E-state index in [0.29, 0.717) is 11.3 Å². The van der Waals surface area contributed by atoms with Gasteiger partial charge in [-0.1, -0.05) is 20.8 Å². The molecule has 10 heavy (non-hydrogen) atoms. The first-order valence-corrected chi connectivity index (χ1v) is 4.18. The molecule has 0 aromatic heterocycles. The molecule has 1 aliphatic carbocycles. The maximum absolute atomic E-state index is 9.42. The Morgan fingerprint density at radius 2 is 1.90 bits per heavy atom. The monoisotopic (exact) mass is 142 g/mol. The fraction of sp³-hybridized carbons (Fsp3) is 1.00. The molecule has 2 atom stereocenters. The van der Waals surface area contributed by atoms with Crippen molar-refractivity contribution in [3.8, 4) is 0 Å². The summed E-state index contributed by atoms with van der Waals surface area (Å²) < 4.78 is 0. The number of rotatable bonds is 0. The van der Waals surface area contributed by atoms with Crippen LogP contribution >= 0.6 is 0 Å². The molecule has 0 radical (unpaired) electrons. The predicted octanol–water partition coefficient (Wildman–Crippen LogP) is 2.19. The van der Waals surface area contributed by atoms with Gasteiger partial charge in [0.2, 0.25) is 0 Å². The van der Waals surface area contributed by atoms with E-state index in [0.717, 1.165) is 12.8 Å². The summed E-state index contributed by atoms with van der Waals surface area (Å²) >= 11 is 0. The molecule has 2 unspecified atom stereocenters. The molecule has 1 N–H and O–H groups in total. The zero-order valence-electron chi connectivity index (χ0n) is 7.22. The number of hydrogen-bond donors (Lipinski definition) is 1. The van der Waals surface area contributed by atoms with Gasteiger partial charge < -0.3 is 5.11 Å². The van der Waals surface area contributed by atoms with Gasteiger partial charge in [-0.05, 0) is 30.6 Å². The number of hydrogen-bond acceptors (Lipinski definition) is 1. The SMILES string of the molecule is CC1CC(O)CC(C)(C)C1. The molecule has 0 spiro atoms. The molecule has 0 aromatic carbocycles. The molecule has 0 bridgehead atoms. The molecule has 1 fully saturated rings. The molecular weight excluding hydrogens is 124 g/mol. The van der Waals surface area contributed by atoms with Crippen LogP contribution in [0.3, 0.4) is 0 Å². The van der Waals surface area contributed by atoms with Gasteiger partial charge in [-0.2, -0.15) is 0 Å². The van der Waals surface area contributed by atoms with E-state index in [9.17, 15) is 5.11 Å². The summed E-state index contributed by atoms with van der Waals surface area (Å²) in [5.41, 5.74) is 0.372. The van der Waals surface area contributed by atoms with Crippen LogP contribution in [0, 0.1) is 11.3 Å². The largest absolute Gasteiger partial charge is 0.393 e. The predicted molar refractivity (Wildman–Crippen MR) is 42.8 cm³/mol. The quantitative estimate of drug-likeness (QED) is 0.549. The van der Waals surface area contributed by atoms with Crippen LogP contribution in [0.15, 0.2) is 0 Å². The molecule has 0 amide bonds. The summed E-state index contributed by atoms with van der Waals surface area (Å²) in [7, 11) is 0. The molecule has 0 heterocycles. The Hall–Kier alpha value is -0.0400. The molecule has 1 rings (SSSR count). The van der Waals surface area contributed by atoms with Crippen molar-refractivity contribution in [2.75, 3.05) is 0 Å². The Morgan fingerprint density at radius 1 is 1.30 bits per heavy atom. The number of aliphatic hydroxyl groups is 1. The third-order valence-electron chi connectivity index (χ3n) is 2.36. The van der Waals surface area contributed by atoms with Gasteiger partial charge in [-0.25, -0.2) is 0 Å². The van der Waals surface area contributed by atoms with Gasteiger partial charge in [-0.15, -0.1) is 0 Å². The van der Waals surface area contributed by atoms with Gasteiger partial charge in [0.1, 0.15) is 0 Å². The highest BCUT2D eigenvalue weighted by molar-refractivity contribution is 4.82. The van der Waals surface area contributed by atoms with Crippen molar-refractivity contribution in [2.24, 2.45) is 11.3 Å². The average Bonchev–Trinajstić information content (AvgIpc) is 1.54. The fourth-order valence-electron chi connectivity index (χ4n) is 2.30. The normalized spacial score (nSPS) is 39.6. The third-order valence-corrected chi connectivity index (χ3v) is 2.36. The van der Waals surface area contributed by atoms with Crippen LogP contribution in [0.5, 0.6) is 0 Å². The first-order valence-electron chi connectivity index (χ1n) is 4.18. The molecule has 1 heteroatoms. The van der Waals surface area contributed by atoms with E-state index >= 15 is 0 Å². The van der Waals surface area contributed by atoms with E-state index in [2.05, 4.69) is 20.8 Å². The second kappa shape index (κ2) is 2.54. The topological polar surface area (TPSA) is 20.2 Å². The summed E-state index contributed by atoms with van der Waals surface area (Å²) in [4.78, 5) is 0. The Morgan fingerprint density at radius 3 is 2.30 bits per heavy atom. The zero-order chi connectivity index (χ0) is 7.78. The number of aliphatic hydroxyl groups excluding tert-OH is 1. The highest BCUT2D eigenvalue weighted by Crippen LogP contribution is 2.38. The van der Waals surface area contributed by atoms with Crippen LogP contribution in [-0.4, -0.2) is 11.2 Å². The minimum absolute atomic E-state index is 0.0428. The second-order valence-corrected chi connectivity index (χ2v) is 4.57. The van der Waals surface area contributed by atoms with Gasteiger partial charge >= 0.3 is 0 Å². The van der Waals surface area contributed by atoms with Crippen molar-refractivity contribution >= 4 is 0 Å². The zero-order valence-corrected chi connectivity index (χ0v) is 7.22. The van der Waals surface area contributed by atoms with Crippen molar-refractivity contribution in [2.45, 2.75) is 46.1 Å². The van der Waals surface area contributed by atoms with E-state index in [1.54, 1.807) is 0 Å². The molecular formula is C9H18O. The smallest absolute Gasteiger partial charge is 0.0547 e. The van der Waals surface area contributed by atoms with Crippen LogP contribution in [0.2, 0.25) is 0 Å². The summed E-state index contributed by atoms with van der Waals surface area (Å²) in [5.74, 6) is 0.707. The Labute approximate surface area is 63.4 Å². The molecule has 1 aliphatic rings. The minimum Gasteiger partial charge on any atom is -0.393 e. The van der Waals surface area contributed by atoms with Crippen LogP contribution in [0.25, 0.3) is 0 Å². The highest BCUT2D eigenvalue weighted by Gasteiger charge is 2.30. The van der Waals surface area contributed by atoms with Gasteiger partial charge in [0, 0.05) is 0 Å². The average molecular weight is 142 g/mol. The Kier molecular flexibility index (Phi) is 2.04. The van der Waals surface area contributed by atoms with E-state index in [1.165, 1.54) is 6.42 Å². The Bertz CT molecular complexity index is 106. The van der Waals surface area contributed by atoms with E-state index in [4.69, 9.17) is 0 Å². The first kappa shape index (κ1) is 8.06. The molecule has 0 aromatic rings. The van der Waals surface area contributed by atoms with E-state index in [-0.39, 0.29) is 6.10 Å². The summed E-state index contributed by atoms with van der Waals surface area (Å²) in [5, 5.41) is 9.42. The molecule has 0 saturated heterocycles.